The lowest BCUT2D eigenvalue weighted by molar-refractivity contribution is 0.239. The van der Waals surface area contributed by atoms with E-state index >= 15 is 0 Å². The summed E-state index contributed by atoms with van der Waals surface area (Å²) in [4.78, 5) is 2.47. The van der Waals surface area contributed by atoms with Gasteiger partial charge in [0.2, 0.25) is 0 Å². The lowest BCUT2D eigenvalue weighted by Gasteiger charge is -2.15. The number of ether oxygens (including phenoxy) is 1. The Kier molecular flexibility index (Phi) is 3.28. The molecule has 108 valence electrons. The van der Waals surface area contributed by atoms with Crippen molar-refractivity contribution in [3.8, 4) is 5.75 Å². The maximum absolute atomic E-state index is 6.05. The monoisotopic (exact) mass is 281 g/mol. The van der Waals surface area contributed by atoms with Gasteiger partial charge in [-0.25, -0.2) is 0 Å². The van der Waals surface area contributed by atoms with Crippen molar-refractivity contribution >= 4 is 21.9 Å². The number of likely N-dealkylation sites (tertiary alicyclic amines) is 1. The molecule has 1 aromatic heterocycles. The van der Waals surface area contributed by atoms with Gasteiger partial charge in [-0.2, -0.15) is 0 Å². The van der Waals surface area contributed by atoms with Gasteiger partial charge >= 0.3 is 0 Å². The normalized spacial score (nSPS) is 16.0. The maximum atomic E-state index is 6.05. The zero-order valence-corrected chi connectivity index (χ0v) is 12.0. The summed E-state index contributed by atoms with van der Waals surface area (Å²) < 4.78 is 11.9. The summed E-state index contributed by atoms with van der Waals surface area (Å²) in [5, 5.41) is 2.22. The standard InChI is InChI=1S/C18H19NO2/c1-2-7-15-14(6-1)18-16(8-5-9-17(18)21-15)20-13-12-19-10-3-4-11-19/h1-2,5-9H,3-4,10-13H2. The third-order valence-electron chi connectivity index (χ3n) is 4.23. The average molecular weight is 281 g/mol. The predicted molar refractivity (Wildman–Crippen MR) is 84.9 cm³/mol. The van der Waals surface area contributed by atoms with E-state index in [1.807, 2.05) is 36.4 Å². The molecule has 3 aromatic rings. The van der Waals surface area contributed by atoms with Gasteiger partial charge in [-0.3, -0.25) is 4.90 Å². The highest BCUT2D eigenvalue weighted by Crippen LogP contribution is 2.35. The average Bonchev–Trinajstić information content (AvgIpc) is 3.14. The first-order chi connectivity index (χ1) is 10.4. The Morgan fingerprint density at radius 1 is 0.952 bits per heavy atom. The van der Waals surface area contributed by atoms with Gasteiger partial charge in [-0.15, -0.1) is 0 Å². The van der Waals surface area contributed by atoms with E-state index in [1.54, 1.807) is 0 Å². The molecule has 0 spiro atoms. The molecule has 0 amide bonds. The molecule has 2 heterocycles. The number of fused-ring (bicyclic) bond motifs is 3. The molecule has 0 bridgehead atoms. The topological polar surface area (TPSA) is 25.6 Å². The van der Waals surface area contributed by atoms with Crippen LogP contribution in [0, 0.1) is 0 Å². The zero-order chi connectivity index (χ0) is 14.1. The van der Waals surface area contributed by atoms with Crippen LogP contribution >= 0.6 is 0 Å². The van der Waals surface area contributed by atoms with Crippen LogP contribution in [0.5, 0.6) is 5.75 Å². The highest BCUT2D eigenvalue weighted by atomic mass is 16.5. The molecular formula is C18H19NO2. The Hall–Kier alpha value is -2.00. The fourth-order valence-electron chi connectivity index (χ4n) is 3.15. The molecule has 1 saturated heterocycles. The van der Waals surface area contributed by atoms with Gasteiger partial charge in [0.1, 0.15) is 23.5 Å². The van der Waals surface area contributed by atoms with Crippen LogP contribution in [0.25, 0.3) is 21.9 Å². The number of para-hydroxylation sites is 1. The minimum atomic E-state index is 0.735. The van der Waals surface area contributed by atoms with Gasteiger partial charge in [-0.05, 0) is 44.1 Å². The molecular weight excluding hydrogens is 262 g/mol. The van der Waals surface area contributed by atoms with E-state index in [4.69, 9.17) is 9.15 Å². The second-order valence-corrected chi connectivity index (χ2v) is 5.62. The highest BCUT2D eigenvalue weighted by Gasteiger charge is 2.13. The van der Waals surface area contributed by atoms with Gasteiger partial charge in [-0.1, -0.05) is 24.3 Å². The Balaban J connectivity index is 1.61. The molecule has 0 N–H and O–H groups in total. The van der Waals surface area contributed by atoms with Crippen LogP contribution in [-0.4, -0.2) is 31.1 Å². The number of hydrogen-bond donors (Lipinski definition) is 0. The van der Waals surface area contributed by atoms with Gasteiger partial charge < -0.3 is 9.15 Å². The summed E-state index contributed by atoms with van der Waals surface area (Å²) in [6.07, 6.45) is 2.64. The van der Waals surface area contributed by atoms with Crippen molar-refractivity contribution in [2.45, 2.75) is 12.8 Å². The third kappa shape index (κ3) is 2.38. The minimum Gasteiger partial charge on any atom is -0.491 e. The first kappa shape index (κ1) is 12.7. The van der Waals surface area contributed by atoms with Crippen molar-refractivity contribution in [1.82, 2.24) is 4.90 Å². The molecule has 4 rings (SSSR count). The van der Waals surface area contributed by atoms with E-state index in [1.165, 1.54) is 25.9 Å². The predicted octanol–water partition coefficient (Wildman–Crippen LogP) is 4.06. The molecule has 0 aliphatic carbocycles. The lowest BCUT2D eigenvalue weighted by atomic mass is 10.1. The molecule has 0 saturated carbocycles. The van der Waals surface area contributed by atoms with Crippen molar-refractivity contribution < 1.29 is 9.15 Å². The van der Waals surface area contributed by atoms with Crippen LogP contribution in [0.1, 0.15) is 12.8 Å². The largest absolute Gasteiger partial charge is 0.491 e. The highest BCUT2D eigenvalue weighted by molar-refractivity contribution is 6.08. The fourth-order valence-corrected chi connectivity index (χ4v) is 3.15. The van der Waals surface area contributed by atoms with E-state index in [2.05, 4.69) is 11.0 Å². The number of benzene rings is 2. The van der Waals surface area contributed by atoms with Gasteiger partial charge in [0.25, 0.3) is 0 Å². The second-order valence-electron chi connectivity index (χ2n) is 5.62. The van der Waals surface area contributed by atoms with E-state index in [0.717, 1.165) is 40.8 Å². The maximum Gasteiger partial charge on any atom is 0.139 e. The van der Waals surface area contributed by atoms with E-state index in [0.29, 0.717) is 0 Å². The van der Waals surface area contributed by atoms with Crippen molar-refractivity contribution in [1.29, 1.82) is 0 Å². The smallest absolute Gasteiger partial charge is 0.139 e. The molecule has 3 heteroatoms. The van der Waals surface area contributed by atoms with E-state index < -0.39 is 0 Å². The van der Waals surface area contributed by atoms with Crippen LogP contribution in [0.3, 0.4) is 0 Å². The van der Waals surface area contributed by atoms with Crippen LogP contribution < -0.4 is 4.74 Å². The number of rotatable bonds is 4. The van der Waals surface area contributed by atoms with Crippen molar-refractivity contribution in [2.75, 3.05) is 26.2 Å². The summed E-state index contributed by atoms with van der Waals surface area (Å²) in [7, 11) is 0. The van der Waals surface area contributed by atoms with Crippen molar-refractivity contribution in [3.05, 3.63) is 42.5 Å². The number of hydrogen-bond acceptors (Lipinski definition) is 3. The molecule has 1 aliphatic rings. The summed E-state index contributed by atoms with van der Waals surface area (Å²) in [6.45, 7) is 4.16. The summed E-state index contributed by atoms with van der Waals surface area (Å²) in [6, 6.07) is 14.2. The molecule has 3 nitrogen and oxygen atoms in total. The minimum absolute atomic E-state index is 0.735. The van der Waals surface area contributed by atoms with Crippen LogP contribution in [0.4, 0.5) is 0 Å². The second kappa shape index (κ2) is 5.41. The van der Waals surface area contributed by atoms with Crippen LogP contribution in [-0.2, 0) is 0 Å². The number of nitrogens with zero attached hydrogens (tertiary/aromatic N) is 1. The molecule has 0 radical (unpaired) electrons. The molecule has 21 heavy (non-hydrogen) atoms. The van der Waals surface area contributed by atoms with Crippen LogP contribution in [0.2, 0.25) is 0 Å². The third-order valence-corrected chi connectivity index (χ3v) is 4.23. The molecule has 1 aliphatic heterocycles. The van der Waals surface area contributed by atoms with Gasteiger partial charge in [0.15, 0.2) is 0 Å². The van der Waals surface area contributed by atoms with Crippen LogP contribution in [0.15, 0.2) is 46.9 Å². The fraction of sp³-hybridized carbons (Fsp3) is 0.333. The molecule has 0 atom stereocenters. The summed E-state index contributed by atoms with van der Waals surface area (Å²) in [5.74, 6) is 0.927. The Morgan fingerprint density at radius 3 is 2.67 bits per heavy atom. The van der Waals surface area contributed by atoms with Crippen molar-refractivity contribution in [2.24, 2.45) is 0 Å². The Morgan fingerprint density at radius 2 is 1.76 bits per heavy atom. The quantitative estimate of drug-likeness (QED) is 0.721. The molecule has 1 fully saturated rings. The van der Waals surface area contributed by atoms with Gasteiger partial charge in [0, 0.05) is 11.9 Å². The van der Waals surface area contributed by atoms with E-state index in [9.17, 15) is 0 Å². The SMILES string of the molecule is c1ccc2c(c1)oc1cccc(OCCN3CCCC3)c12. The Bertz CT molecular complexity index is 756. The summed E-state index contributed by atoms with van der Waals surface area (Å²) in [5.41, 5.74) is 1.82. The lowest BCUT2D eigenvalue weighted by Crippen LogP contribution is -2.25. The Labute approximate surface area is 124 Å². The number of furan rings is 1. The van der Waals surface area contributed by atoms with E-state index in [-0.39, 0.29) is 0 Å². The van der Waals surface area contributed by atoms with Gasteiger partial charge in [0.05, 0.1) is 5.39 Å². The molecule has 2 aromatic carbocycles. The summed E-state index contributed by atoms with van der Waals surface area (Å²) >= 11 is 0. The first-order valence-corrected chi connectivity index (χ1v) is 7.67. The zero-order valence-electron chi connectivity index (χ0n) is 12.0. The van der Waals surface area contributed by atoms with Crippen molar-refractivity contribution in [3.63, 3.8) is 0 Å². The first-order valence-electron chi connectivity index (χ1n) is 7.67. The molecule has 0 unspecified atom stereocenters.